The second-order valence-corrected chi connectivity index (χ2v) is 4.74. The minimum absolute atomic E-state index is 0.117. The molecule has 0 amide bonds. The Morgan fingerprint density at radius 3 is 2.88 bits per heavy atom. The highest BCUT2D eigenvalue weighted by atomic mass is 19.1. The molecule has 1 aliphatic rings. The second-order valence-electron chi connectivity index (χ2n) is 4.74. The van der Waals surface area contributed by atoms with Crippen LogP contribution < -0.4 is 0 Å². The number of likely N-dealkylation sites (N-methyl/N-ethyl adjacent to an activating group) is 1. The number of hydrogen-bond donors (Lipinski definition) is 0. The maximum absolute atomic E-state index is 13.1. The molecule has 2 nitrogen and oxygen atoms in total. The topological polar surface area (TPSA) is 6.48 Å². The van der Waals surface area contributed by atoms with E-state index in [0.717, 1.165) is 38.2 Å². The number of fused-ring (bicyclic) bond motifs is 1. The third-order valence-corrected chi connectivity index (χ3v) is 3.12. The molecule has 1 aliphatic heterocycles. The van der Waals surface area contributed by atoms with Crippen LogP contribution in [0, 0.1) is 5.82 Å². The van der Waals surface area contributed by atoms with Crippen molar-refractivity contribution in [1.82, 2.24) is 9.80 Å². The first-order valence-electron chi connectivity index (χ1n) is 5.79. The molecule has 2 rings (SSSR count). The van der Waals surface area contributed by atoms with Crippen molar-refractivity contribution in [3.63, 3.8) is 0 Å². The minimum atomic E-state index is -0.117. The van der Waals surface area contributed by atoms with Crippen LogP contribution in [0.3, 0.4) is 0 Å². The quantitative estimate of drug-likeness (QED) is 0.768. The largest absolute Gasteiger partial charge is 0.308 e. The van der Waals surface area contributed by atoms with Crippen molar-refractivity contribution in [2.75, 3.05) is 33.7 Å². The lowest BCUT2D eigenvalue weighted by Gasteiger charge is -2.29. The Hall–Kier alpha value is -0.930. The van der Waals surface area contributed by atoms with Crippen LogP contribution in [0.25, 0.3) is 0 Å². The Morgan fingerprint density at radius 1 is 1.31 bits per heavy atom. The van der Waals surface area contributed by atoms with E-state index in [1.165, 1.54) is 5.56 Å². The molecule has 0 radical (unpaired) electrons. The highest BCUT2D eigenvalue weighted by molar-refractivity contribution is 5.29. The van der Waals surface area contributed by atoms with E-state index in [-0.39, 0.29) is 5.82 Å². The molecule has 0 atom stereocenters. The summed E-state index contributed by atoms with van der Waals surface area (Å²) in [6.45, 7) is 4.10. The van der Waals surface area contributed by atoms with Crippen molar-refractivity contribution < 1.29 is 4.39 Å². The van der Waals surface area contributed by atoms with E-state index in [1.54, 1.807) is 12.1 Å². The van der Waals surface area contributed by atoms with Gasteiger partial charge in [0.1, 0.15) is 5.82 Å². The van der Waals surface area contributed by atoms with Gasteiger partial charge < -0.3 is 4.90 Å². The Kier molecular flexibility index (Phi) is 3.56. The van der Waals surface area contributed by atoms with Crippen LogP contribution in [0.1, 0.15) is 11.1 Å². The molecule has 0 bridgehead atoms. The molecule has 0 fully saturated rings. The molecule has 1 aromatic carbocycles. The third kappa shape index (κ3) is 2.80. The highest BCUT2D eigenvalue weighted by Gasteiger charge is 2.16. The summed E-state index contributed by atoms with van der Waals surface area (Å²) in [5, 5.41) is 0. The fourth-order valence-corrected chi connectivity index (χ4v) is 2.12. The maximum atomic E-state index is 13.1. The smallest absolute Gasteiger partial charge is 0.123 e. The van der Waals surface area contributed by atoms with Crippen LogP contribution in [0.5, 0.6) is 0 Å². The number of hydrogen-bond acceptors (Lipinski definition) is 2. The van der Waals surface area contributed by atoms with Gasteiger partial charge in [-0.3, -0.25) is 4.90 Å². The summed E-state index contributed by atoms with van der Waals surface area (Å²) >= 11 is 0. The van der Waals surface area contributed by atoms with E-state index < -0.39 is 0 Å². The van der Waals surface area contributed by atoms with Crippen LogP contribution in [-0.2, 0) is 13.0 Å². The lowest BCUT2D eigenvalue weighted by molar-refractivity contribution is 0.225. The third-order valence-electron chi connectivity index (χ3n) is 3.12. The second kappa shape index (κ2) is 4.93. The average molecular weight is 222 g/mol. The minimum Gasteiger partial charge on any atom is -0.308 e. The van der Waals surface area contributed by atoms with Gasteiger partial charge in [0.05, 0.1) is 0 Å². The van der Waals surface area contributed by atoms with E-state index in [0.29, 0.717) is 0 Å². The Morgan fingerprint density at radius 2 is 2.12 bits per heavy atom. The van der Waals surface area contributed by atoms with Gasteiger partial charge in [0.15, 0.2) is 0 Å². The van der Waals surface area contributed by atoms with Crippen molar-refractivity contribution in [2.24, 2.45) is 0 Å². The molecule has 88 valence electrons. The molecule has 0 aromatic heterocycles. The van der Waals surface area contributed by atoms with Crippen molar-refractivity contribution in [1.29, 1.82) is 0 Å². The van der Waals surface area contributed by atoms with Gasteiger partial charge in [-0.25, -0.2) is 4.39 Å². The summed E-state index contributed by atoms with van der Waals surface area (Å²) in [5.74, 6) is -0.117. The number of nitrogens with zero attached hydrogens (tertiary/aromatic N) is 2. The van der Waals surface area contributed by atoms with Crippen LogP contribution >= 0.6 is 0 Å². The standard InChI is InChI=1S/C13H19FN2/c1-15(2)7-8-16-6-5-11-3-4-13(14)9-12(11)10-16/h3-4,9H,5-8,10H2,1-2H3. The zero-order valence-corrected chi connectivity index (χ0v) is 10.0. The molecule has 3 heteroatoms. The predicted molar refractivity (Wildman–Crippen MR) is 63.9 cm³/mol. The van der Waals surface area contributed by atoms with Gasteiger partial charge in [-0.15, -0.1) is 0 Å². The van der Waals surface area contributed by atoms with Crippen LogP contribution in [-0.4, -0.2) is 43.5 Å². The molecular weight excluding hydrogens is 203 g/mol. The van der Waals surface area contributed by atoms with Crippen LogP contribution in [0.4, 0.5) is 4.39 Å². The molecular formula is C13H19FN2. The van der Waals surface area contributed by atoms with E-state index in [1.807, 2.05) is 6.07 Å². The molecule has 0 unspecified atom stereocenters. The zero-order chi connectivity index (χ0) is 11.5. The molecule has 0 aliphatic carbocycles. The zero-order valence-electron chi connectivity index (χ0n) is 10.0. The Bertz CT molecular complexity index is 363. The summed E-state index contributed by atoms with van der Waals surface area (Å²) < 4.78 is 13.1. The summed E-state index contributed by atoms with van der Waals surface area (Å²) in [7, 11) is 4.16. The van der Waals surface area contributed by atoms with Crippen molar-refractivity contribution in [3.05, 3.63) is 35.1 Å². The predicted octanol–water partition coefficient (Wildman–Crippen LogP) is 1.75. The van der Waals surface area contributed by atoms with Crippen LogP contribution in [0.15, 0.2) is 18.2 Å². The summed E-state index contributed by atoms with van der Waals surface area (Å²) in [6, 6.07) is 5.17. The first kappa shape index (κ1) is 11.6. The number of rotatable bonds is 3. The molecule has 0 N–H and O–H groups in total. The molecule has 0 saturated carbocycles. The van der Waals surface area contributed by atoms with Gasteiger partial charge in [-0.05, 0) is 43.8 Å². The Labute approximate surface area is 96.7 Å². The van der Waals surface area contributed by atoms with Crippen LogP contribution in [0.2, 0.25) is 0 Å². The monoisotopic (exact) mass is 222 g/mol. The molecule has 1 heterocycles. The fraction of sp³-hybridized carbons (Fsp3) is 0.538. The summed E-state index contributed by atoms with van der Waals surface area (Å²) in [4.78, 5) is 4.57. The molecule has 16 heavy (non-hydrogen) atoms. The average Bonchev–Trinajstić information content (AvgIpc) is 2.25. The molecule has 0 spiro atoms. The molecule has 0 saturated heterocycles. The van der Waals surface area contributed by atoms with E-state index in [2.05, 4.69) is 23.9 Å². The number of benzene rings is 1. The first-order valence-corrected chi connectivity index (χ1v) is 5.79. The van der Waals surface area contributed by atoms with Crippen molar-refractivity contribution >= 4 is 0 Å². The van der Waals surface area contributed by atoms with Gasteiger partial charge in [0, 0.05) is 26.2 Å². The normalized spacial score (nSPS) is 16.5. The molecule has 1 aromatic rings. The maximum Gasteiger partial charge on any atom is 0.123 e. The summed E-state index contributed by atoms with van der Waals surface area (Å²) in [5.41, 5.74) is 2.47. The Balaban J connectivity index is 1.99. The highest BCUT2D eigenvalue weighted by Crippen LogP contribution is 2.19. The summed E-state index contributed by atoms with van der Waals surface area (Å²) in [6.07, 6.45) is 1.04. The van der Waals surface area contributed by atoms with E-state index >= 15 is 0 Å². The SMILES string of the molecule is CN(C)CCN1CCc2ccc(F)cc2C1. The van der Waals surface area contributed by atoms with Gasteiger partial charge in [0.2, 0.25) is 0 Å². The van der Waals surface area contributed by atoms with Gasteiger partial charge in [0.25, 0.3) is 0 Å². The van der Waals surface area contributed by atoms with Crippen molar-refractivity contribution in [3.8, 4) is 0 Å². The van der Waals surface area contributed by atoms with Gasteiger partial charge in [-0.2, -0.15) is 0 Å². The van der Waals surface area contributed by atoms with E-state index in [4.69, 9.17) is 0 Å². The lowest BCUT2D eigenvalue weighted by Crippen LogP contribution is -2.35. The van der Waals surface area contributed by atoms with E-state index in [9.17, 15) is 4.39 Å². The van der Waals surface area contributed by atoms with Gasteiger partial charge >= 0.3 is 0 Å². The van der Waals surface area contributed by atoms with Gasteiger partial charge in [-0.1, -0.05) is 6.07 Å². The first-order chi connectivity index (χ1) is 7.65. The van der Waals surface area contributed by atoms with Crippen molar-refractivity contribution in [2.45, 2.75) is 13.0 Å². The lowest BCUT2D eigenvalue weighted by atomic mass is 10.00. The number of halogens is 1. The fourth-order valence-electron chi connectivity index (χ4n) is 2.12.